The lowest BCUT2D eigenvalue weighted by atomic mass is 10.1. The summed E-state index contributed by atoms with van der Waals surface area (Å²) in [6.45, 7) is 1.58. The van der Waals surface area contributed by atoms with Crippen molar-refractivity contribution in [3.63, 3.8) is 0 Å². The largest absolute Gasteiger partial charge is 0.416 e. The molecule has 1 fully saturated rings. The lowest BCUT2D eigenvalue weighted by Crippen LogP contribution is -2.29. The number of benzene rings is 1. The Morgan fingerprint density at radius 2 is 1.94 bits per heavy atom. The fourth-order valence-electron chi connectivity index (χ4n) is 3.30. The van der Waals surface area contributed by atoms with Crippen LogP contribution in [0.2, 0.25) is 5.02 Å². The number of halogens is 4. The summed E-state index contributed by atoms with van der Waals surface area (Å²) in [4.78, 5) is 33.2. The number of rotatable bonds is 6. The molecule has 0 bridgehead atoms. The second-order valence-electron chi connectivity index (χ2n) is 8.00. The van der Waals surface area contributed by atoms with E-state index in [1.54, 1.807) is 19.1 Å². The Labute approximate surface area is 215 Å². The van der Waals surface area contributed by atoms with Gasteiger partial charge in [0.15, 0.2) is 11.6 Å². The first-order valence-electron chi connectivity index (χ1n) is 10.3. The van der Waals surface area contributed by atoms with E-state index in [1.165, 1.54) is 17.2 Å². The van der Waals surface area contributed by atoms with Gasteiger partial charge in [0.1, 0.15) is 11.7 Å². The number of carbonyl (C=O) groups excluding carboxylic acids is 2. The van der Waals surface area contributed by atoms with E-state index in [4.69, 9.17) is 16.9 Å². The van der Waals surface area contributed by atoms with Crippen molar-refractivity contribution in [2.75, 3.05) is 5.32 Å². The van der Waals surface area contributed by atoms with Crippen LogP contribution in [0, 0.1) is 16.7 Å². The minimum atomic E-state index is -4.66. The van der Waals surface area contributed by atoms with Crippen molar-refractivity contribution >= 4 is 42.6 Å². The molecule has 0 spiro atoms. The molecular weight excluding hydrogens is 519 g/mol. The van der Waals surface area contributed by atoms with Crippen molar-refractivity contribution in [3.05, 3.63) is 64.8 Å². The molecule has 1 aromatic carbocycles. The molecule has 2 N–H and O–H groups in total. The molecule has 2 aromatic heterocycles. The molecule has 1 aliphatic rings. The maximum absolute atomic E-state index is 13.1. The summed E-state index contributed by atoms with van der Waals surface area (Å²) >= 11 is 5.77. The van der Waals surface area contributed by atoms with Gasteiger partial charge in [-0.25, -0.2) is 9.97 Å². The highest BCUT2D eigenvalue weighted by atomic mass is 35.5. The third-order valence-electron chi connectivity index (χ3n) is 5.42. The summed E-state index contributed by atoms with van der Waals surface area (Å²) in [6.07, 6.45) is -1.00. The Bertz CT molecular complexity index is 1330. The summed E-state index contributed by atoms with van der Waals surface area (Å²) in [6, 6.07) is 6.97. The average Bonchev–Trinajstić information content (AvgIpc) is 3.47. The molecule has 188 valence electrons. The van der Waals surface area contributed by atoms with Crippen molar-refractivity contribution in [1.82, 2.24) is 25.1 Å². The molecule has 1 atom stereocenters. The summed E-state index contributed by atoms with van der Waals surface area (Å²) < 4.78 is 40.5. The Morgan fingerprint density at radius 1 is 1.22 bits per heavy atom. The Hall–Kier alpha value is -3.63. The molecule has 0 radical (unpaired) electrons. The van der Waals surface area contributed by atoms with E-state index in [-0.39, 0.29) is 35.8 Å². The summed E-state index contributed by atoms with van der Waals surface area (Å²) in [7, 11) is 0. The van der Waals surface area contributed by atoms with Crippen LogP contribution in [0.15, 0.2) is 42.9 Å². The molecule has 1 aliphatic carbocycles. The highest BCUT2D eigenvalue weighted by Crippen LogP contribution is 2.45. The molecule has 1 saturated carbocycles. The van der Waals surface area contributed by atoms with Crippen molar-refractivity contribution in [2.45, 2.75) is 32.0 Å². The van der Waals surface area contributed by atoms with E-state index in [9.17, 15) is 22.8 Å². The first-order valence-corrected chi connectivity index (χ1v) is 10.7. The molecule has 14 heteroatoms. The van der Waals surface area contributed by atoms with E-state index in [0.29, 0.717) is 30.4 Å². The number of nitriles is 1. The molecule has 2 heterocycles. The minimum absolute atomic E-state index is 0. The number of pyridine rings is 1. The van der Waals surface area contributed by atoms with E-state index >= 15 is 0 Å². The van der Waals surface area contributed by atoms with Gasteiger partial charge in [0, 0.05) is 10.6 Å². The third kappa shape index (κ3) is 5.60. The monoisotopic (exact) mass is 537 g/mol. The highest BCUT2D eigenvalue weighted by molar-refractivity contribution is 7.59. The highest BCUT2D eigenvalue weighted by Gasteiger charge is 2.50. The molecule has 0 saturated heterocycles. The van der Waals surface area contributed by atoms with Gasteiger partial charge in [-0.15, -0.1) is 0 Å². The molecule has 9 nitrogen and oxygen atoms in total. The van der Waals surface area contributed by atoms with Crippen LogP contribution in [0.4, 0.5) is 18.9 Å². The molecule has 0 aliphatic heterocycles. The first-order chi connectivity index (χ1) is 16.5. The number of amides is 2. The zero-order valence-electron chi connectivity index (χ0n) is 18.6. The molecular formula is C22H19ClF3N7O2S. The number of anilines is 1. The SMILES string of the molecule is C[C@H](NC(=O)c1cc(Cl)cc(C(F)(F)F)c1)c1ncnn1-c1ccc(NC(=O)C2(C#N)CC2)cn1.S. The molecule has 4 rings (SSSR count). The van der Waals surface area contributed by atoms with Gasteiger partial charge in [0.25, 0.3) is 5.91 Å². The molecule has 3 aromatic rings. The Kier molecular flexibility index (Phi) is 7.61. The normalized spacial score (nSPS) is 14.7. The quantitative estimate of drug-likeness (QED) is 0.486. The molecule has 2 amide bonds. The van der Waals surface area contributed by atoms with Gasteiger partial charge in [-0.2, -0.15) is 41.7 Å². The first kappa shape index (κ1) is 27.0. The molecule has 0 unspecified atom stereocenters. The lowest BCUT2D eigenvalue weighted by Gasteiger charge is -2.16. The predicted octanol–water partition coefficient (Wildman–Crippen LogP) is 4.18. The summed E-state index contributed by atoms with van der Waals surface area (Å²) in [5, 5.41) is 18.2. The number of nitrogens with one attached hydrogen (secondary N) is 2. The number of hydrogen-bond acceptors (Lipinski definition) is 6. The van der Waals surface area contributed by atoms with Crippen LogP contribution in [0.5, 0.6) is 0 Å². The second kappa shape index (κ2) is 10.2. The van der Waals surface area contributed by atoms with Crippen LogP contribution in [-0.2, 0) is 11.0 Å². The van der Waals surface area contributed by atoms with Crippen LogP contribution in [0.1, 0.15) is 47.6 Å². The van der Waals surface area contributed by atoms with Crippen molar-refractivity contribution in [3.8, 4) is 11.9 Å². The van der Waals surface area contributed by atoms with Crippen molar-refractivity contribution < 1.29 is 22.8 Å². The van der Waals surface area contributed by atoms with Gasteiger partial charge in [-0.05, 0) is 50.1 Å². The number of alkyl halides is 3. The summed E-state index contributed by atoms with van der Waals surface area (Å²) in [5.41, 5.74) is -1.88. The van der Waals surface area contributed by atoms with Crippen LogP contribution < -0.4 is 10.6 Å². The van der Waals surface area contributed by atoms with E-state index < -0.39 is 29.1 Å². The number of aromatic nitrogens is 4. The maximum Gasteiger partial charge on any atom is 0.416 e. The van der Waals surface area contributed by atoms with E-state index in [2.05, 4.69) is 25.7 Å². The van der Waals surface area contributed by atoms with E-state index in [0.717, 1.165) is 12.1 Å². The maximum atomic E-state index is 13.1. The standard InChI is InChI=1S/C22H17ClF3N7O2.H2S/c1-12(31-19(34)13-6-14(22(24,25)26)8-15(23)7-13)18-29-11-30-33(18)17-3-2-16(9-28-17)32-20(35)21(10-27)4-5-21;/h2-3,6-9,11-12H,4-5H2,1H3,(H,31,34)(H,32,35);1H2/t12-;/m0./s1. The number of nitrogens with zero attached hydrogens (tertiary/aromatic N) is 5. The van der Waals surface area contributed by atoms with Crippen LogP contribution in [0.25, 0.3) is 5.82 Å². The Morgan fingerprint density at radius 3 is 2.53 bits per heavy atom. The van der Waals surface area contributed by atoms with Gasteiger partial charge in [-0.1, -0.05) is 11.6 Å². The topological polar surface area (TPSA) is 126 Å². The van der Waals surface area contributed by atoms with Gasteiger partial charge < -0.3 is 10.6 Å². The Balaban J connectivity index is 0.00000361. The molecule has 36 heavy (non-hydrogen) atoms. The average molecular weight is 538 g/mol. The zero-order chi connectivity index (χ0) is 25.4. The second-order valence-corrected chi connectivity index (χ2v) is 8.44. The zero-order valence-corrected chi connectivity index (χ0v) is 20.4. The third-order valence-corrected chi connectivity index (χ3v) is 5.64. The van der Waals surface area contributed by atoms with Crippen LogP contribution in [-0.4, -0.2) is 31.6 Å². The van der Waals surface area contributed by atoms with Gasteiger partial charge in [0.2, 0.25) is 5.91 Å². The number of hydrogen-bond donors (Lipinski definition) is 2. The van der Waals surface area contributed by atoms with Gasteiger partial charge in [0.05, 0.1) is 29.6 Å². The van der Waals surface area contributed by atoms with Crippen LogP contribution in [0.3, 0.4) is 0 Å². The van der Waals surface area contributed by atoms with Crippen LogP contribution >= 0.6 is 25.1 Å². The predicted molar refractivity (Wildman–Crippen MR) is 128 cm³/mol. The fourth-order valence-corrected chi connectivity index (χ4v) is 3.54. The van der Waals surface area contributed by atoms with Crippen molar-refractivity contribution in [2.24, 2.45) is 5.41 Å². The lowest BCUT2D eigenvalue weighted by molar-refractivity contribution is -0.137. The smallest absolute Gasteiger partial charge is 0.342 e. The van der Waals surface area contributed by atoms with Crippen molar-refractivity contribution in [1.29, 1.82) is 5.26 Å². The summed E-state index contributed by atoms with van der Waals surface area (Å²) in [5.74, 6) is -0.582. The van der Waals surface area contributed by atoms with Gasteiger partial charge >= 0.3 is 6.18 Å². The minimum Gasteiger partial charge on any atom is -0.342 e. The van der Waals surface area contributed by atoms with Gasteiger partial charge in [-0.3, -0.25) is 9.59 Å². The fraction of sp³-hybridized carbons (Fsp3) is 0.273. The van der Waals surface area contributed by atoms with E-state index in [1.807, 2.05) is 6.07 Å². The number of carbonyl (C=O) groups is 2.